The van der Waals surface area contributed by atoms with Crippen LogP contribution in [0.4, 0.5) is 0 Å². The Bertz CT molecular complexity index is 2480. The van der Waals surface area contributed by atoms with Gasteiger partial charge in [0.05, 0.1) is 49.2 Å². The van der Waals surface area contributed by atoms with Crippen LogP contribution in [0.1, 0.15) is 180 Å². The maximum atomic E-state index is 14.3. The van der Waals surface area contributed by atoms with E-state index in [1.54, 1.807) is 19.1 Å². The number of carbonyl (C=O) groups is 5. The number of rotatable bonds is 16. The van der Waals surface area contributed by atoms with Crippen LogP contribution >= 0.6 is 0 Å². The number of hydrogen-bond donors (Lipinski definition) is 8. The Morgan fingerprint density at radius 3 is 2.41 bits per heavy atom. The Morgan fingerprint density at radius 2 is 1.68 bits per heavy atom. The summed E-state index contributed by atoms with van der Waals surface area (Å²) in [6, 6.07) is 5.97. The van der Waals surface area contributed by atoms with Crippen LogP contribution < -0.4 is 15.4 Å². The molecule has 2 amide bonds. The number of Topliss-reactive ketones (excluding diaryl/α,β-unsaturated/α-hetero) is 1. The molecule has 6 unspecified atom stereocenters. The van der Waals surface area contributed by atoms with E-state index in [1.807, 2.05) is 6.92 Å². The molecule has 6 aliphatic carbocycles. The molecule has 0 spiro atoms. The number of aliphatic hydroxyl groups excluding tert-OH is 5. The van der Waals surface area contributed by atoms with Crippen molar-refractivity contribution in [3.05, 3.63) is 63.7 Å². The summed E-state index contributed by atoms with van der Waals surface area (Å²) in [4.78, 5) is 69.2. The van der Waals surface area contributed by atoms with Crippen molar-refractivity contribution in [2.45, 2.75) is 198 Å². The molecule has 5 fully saturated rings. The first-order valence-corrected chi connectivity index (χ1v) is 27.6. The van der Waals surface area contributed by atoms with Crippen molar-refractivity contribution in [3.63, 3.8) is 0 Å². The van der Waals surface area contributed by atoms with Crippen LogP contribution in [0.25, 0.3) is 0 Å². The average molecular weight is 1030 g/mol. The van der Waals surface area contributed by atoms with Gasteiger partial charge in [0.1, 0.15) is 30.1 Å². The summed E-state index contributed by atoms with van der Waals surface area (Å²) in [5.41, 5.74) is -1.28. The lowest BCUT2D eigenvalue weighted by Crippen LogP contribution is -2.62. The summed E-state index contributed by atoms with van der Waals surface area (Å²) in [6.45, 7) is 9.41. The number of amides is 2. The predicted octanol–water partition coefficient (Wildman–Crippen LogP) is 5.19. The molecule has 9 rings (SSSR count). The Hall–Kier alpha value is -4.13. The van der Waals surface area contributed by atoms with Crippen LogP contribution in [0, 0.1) is 46.3 Å². The van der Waals surface area contributed by atoms with E-state index in [9.17, 15) is 54.6 Å². The molecule has 74 heavy (non-hydrogen) atoms. The standard InChI is InChI=1S/C58H80N2O14/c1-7-8-9-12-41(59-48(66)17-14-29(2)38-15-16-39-51-40(24-46(64)57(38,39)5)56(4)19-18-33(62)21-32(56)22-43(51)63)55(70)60-42-25-49(73-30(3)52(42)67)74-45-27-58(71,47(65)28-61)26-31-20-36-37(23-35(31)45)54(69)50-34(53(36)68)11-10-13-44(50)72-6/h10-11,13,20,23,29-30,32-33,38-43,45-46,49,51-52,61-64,67,71H,7-9,12,14-19,21-22,24-28H2,1-6H3,(H,59,66)(H,60,70)/t29-,30?,32+,33-,38-,39?,40+,41?,42?,43-,45+,46+,49?,51+,52?,56+,57-,58+/m1/s1. The first-order chi connectivity index (χ1) is 35.2. The van der Waals surface area contributed by atoms with Gasteiger partial charge in [-0.05, 0) is 140 Å². The Balaban J connectivity index is 0.866. The van der Waals surface area contributed by atoms with Gasteiger partial charge >= 0.3 is 0 Å². The monoisotopic (exact) mass is 1030 g/mol. The van der Waals surface area contributed by atoms with Crippen LogP contribution in [-0.4, -0.2) is 128 Å². The van der Waals surface area contributed by atoms with Crippen molar-refractivity contribution in [2.24, 2.45) is 46.3 Å². The second kappa shape index (κ2) is 21.4. The van der Waals surface area contributed by atoms with Crippen molar-refractivity contribution in [3.8, 4) is 5.75 Å². The highest BCUT2D eigenvalue weighted by molar-refractivity contribution is 6.29. The molecule has 16 nitrogen and oxygen atoms in total. The number of methoxy groups -OCH3 is 1. The molecular formula is C58H80N2O14. The zero-order chi connectivity index (χ0) is 53.2. The van der Waals surface area contributed by atoms with Gasteiger partial charge in [-0.3, -0.25) is 24.0 Å². The number of fused-ring (bicyclic) bond motifs is 8. The van der Waals surface area contributed by atoms with E-state index < -0.39 is 89.8 Å². The molecule has 4 saturated carbocycles. The molecule has 8 N–H and O–H groups in total. The quantitative estimate of drug-likeness (QED) is 0.0860. The number of ether oxygens (including phenoxy) is 3. The van der Waals surface area contributed by atoms with Crippen LogP contribution in [0.5, 0.6) is 5.75 Å². The maximum absolute atomic E-state index is 14.3. The summed E-state index contributed by atoms with van der Waals surface area (Å²) in [5, 5.41) is 73.5. The first kappa shape index (κ1) is 54.7. The van der Waals surface area contributed by atoms with Crippen molar-refractivity contribution in [1.29, 1.82) is 0 Å². The molecule has 7 aliphatic rings. The topological polar surface area (TPSA) is 258 Å². The summed E-state index contributed by atoms with van der Waals surface area (Å²) >= 11 is 0. The average Bonchev–Trinajstić information content (AvgIpc) is 3.74. The highest BCUT2D eigenvalue weighted by Crippen LogP contribution is 2.68. The number of hydrogen-bond acceptors (Lipinski definition) is 14. The summed E-state index contributed by atoms with van der Waals surface area (Å²) in [7, 11) is 1.41. The smallest absolute Gasteiger partial charge is 0.242 e. The van der Waals surface area contributed by atoms with Gasteiger partial charge in [0.15, 0.2) is 23.6 Å². The second-order valence-electron chi connectivity index (χ2n) is 24.0. The molecule has 2 aromatic carbocycles. The molecule has 0 aromatic heterocycles. The van der Waals surface area contributed by atoms with Gasteiger partial charge in [-0.2, -0.15) is 0 Å². The van der Waals surface area contributed by atoms with Crippen molar-refractivity contribution in [2.75, 3.05) is 13.7 Å². The van der Waals surface area contributed by atoms with Crippen LogP contribution in [0.15, 0.2) is 30.3 Å². The van der Waals surface area contributed by atoms with E-state index >= 15 is 0 Å². The zero-order valence-electron chi connectivity index (χ0n) is 44.0. The van der Waals surface area contributed by atoms with E-state index in [0.29, 0.717) is 49.7 Å². The normalized spacial score (nSPS) is 38.0. The molecule has 0 radical (unpaired) electrons. The maximum Gasteiger partial charge on any atom is 0.242 e. The minimum absolute atomic E-state index is 0.0254. The molecule has 18 atom stereocenters. The molecule has 2 aromatic rings. The predicted molar refractivity (Wildman–Crippen MR) is 271 cm³/mol. The van der Waals surface area contributed by atoms with Crippen LogP contribution in [0.3, 0.4) is 0 Å². The number of benzene rings is 2. The van der Waals surface area contributed by atoms with Crippen LogP contribution in [0.2, 0.25) is 0 Å². The molecule has 1 aliphatic heterocycles. The molecule has 16 heteroatoms. The first-order valence-electron chi connectivity index (χ1n) is 27.6. The van der Waals surface area contributed by atoms with Gasteiger partial charge in [0, 0.05) is 42.4 Å². The fourth-order valence-corrected chi connectivity index (χ4v) is 15.8. The van der Waals surface area contributed by atoms with Gasteiger partial charge in [-0.1, -0.05) is 59.1 Å². The summed E-state index contributed by atoms with van der Waals surface area (Å²) in [5.74, 6) is -1.35. The lowest BCUT2D eigenvalue weighted by atomic mass is 9.43. The van der Waals surface area contributed by atoms with Gasteiger partial charge < -0.3 is 55.5 Å². The number of aliphatic hydroxyl groups is 6. The van der Waals surface area contributed by atoms with Gasteiger partial charge in [0.25, 0.3) is 0 Å². The molecular weight excluding hydrogens is 949 g/mol. The summed E-state index contributed by atoms with van der Waals surface area (Å²) < 4.78 is 18.1. The Labute approximate surface area is 434 Å². The number of carbonyl (C=O) groups excluding carboxylic acids is 5. The highest BCUT2D eigenvalue weighted by atomic mass is 16.7. The lowest BCUT2D eigenvalue weighted by Gasteiger charge is -2.63. The van der Waals surface area contributed by atoms with Gasteiger partial charge in [-0.25, -0.2) is 0 Å². The fourth-order valence-electron chi connectivity index (χ4n) is 15.8. The van der Waals surface area contributed by atoms with Crippen molar-refractivity contribution < 1.29 is 68.8 Å². The fraction of sp³-hybridized carbons (Fsp3) is 0.707. The SMILES string of the molecule is CCCCCC(NC(=O)CC[C@@H](C)[C@H]1CCC2[C@@H]3[C@H](O)C[C@@H]4C[C@H](O)CC[C@]4(C)[C@H]3C[C@H](O)[C@@]21C)C(=O)NC1CC(O[C@H]2C[C@](O)(C(=O)CO)Cc3cc4c(cc32)C(=O)c2c(OC)cccc2C4=O)OC(C)C1O. The van der Waals surface area contributed by atoms with E-state index in [-0.39, 0.29) is 107 Å². The summed E-state index contributed by atoms with van der Waals surface area (Å²) in [6.07, 6.45) is 2.73. The highest BCUT2D eigenvalue weighted by Gasteiger charge is 2.66. The zero-order valence-corrected chi connectivity index (χ0v) is 44.0. The van der Waals surface area contributed by atoms with E-state index in [0.717, 1.165) is 38.5 Å². The lowest BCUT2D eigenvalue weighted by molar-refractivity contribution is -0.249. The molecule has 1 heterocycles. The number of nitrogens with one attached hydrogen (secondary N) is 2. The minimum Gasteiger partial charge on any atom is -0.496 e. The van der Waals surface area contributed by atoms with Crippen molar-refractivity contribution >= 4 is 29.2 Å². The Morgan fingerprint density at radius 1 is 0.919 bits per heavy atom. The third-order valence-corrected chi connectivity index (χ3v) is 19.9. The van der Waals surface area contributed by atoms with E-state index in [1.165, 1.54) is 25.3 Å². The molecule has 0 bridgehead atoms. The van der Waals surface area contributed by atoms with Gasteiger partial charge in [0.2, 0.25) is 11.8 Å². The van der Waals surface area contributed by atoms with E-state index in [2.05, 4.69) is 31.4 Å². The third-order valence-electron chi connectivity index (χ3n) is 19.9. The second-order valence-corrected chi connectivity index (χ2v) is 24.0. The van der Waals surface area contributed by atoms with Gasteiger partial charge in [-0.15, -0.1) is 0 Å². The number of ketones is 3. The van der Waals surface area contributed by atoms with Crippen LogP contribution in [-0.2, 0) is 30.3 Å². The van der Waals surface area contributed by atoms with E-state index in [4.69, 9.17) is 14.2 Å². The minimum atomic E-state index is -2.10. The van der Waals surface area contributed by atoms with Crippen molar-refractivity contribution in [1.82, 2.24) is 10.6 Å². The molecule has 1 saturated heterocycles. The largest absolute Gasteiger partial charge is 0.496 e. The third kappa shape index (κ3) is 9.70. The Kier molecular flexibility index (Phi) is 15.8. The number of unbranched alkanes of at least 4 members (excludes halogenated alkanes) is 2. The molecule has 406 valence electrons.